The lowest BCUT2D eigenvalue weighted by Gasteiger charge is -2.42. The molecular weight excluding hydrogens is 254 g/mol. The lowest BCUT2D eigenvalue weighted by atomic mass is 9.94. The van der Waals surface area contributed by atoms with Crippen LogP contribution in [0.3, 0.4) is 0 Å². The van der Waals surface area contributed by atoms with Crippen molar-refractivity contribution in [2.45, 2.75) is 32.4 Å². The summed E-state index contributed by atoms with van der Waals surface area (Å²) in [6.07, 6.45) is 0.628. The van der Waals surface area contributed by atoms with Crippen molar-refractivity contribution in [3.05, 3.63) is 35.9 Å². The molecule has 1 aliphatic rings. The summed E-state index contributed by atoms with van der Waals surface area (Å²) < 4.78 is 10.7. The van der Waals surface area contributed by atoms with Crippen molar-refractivity contribution in [1.82, 2.24) is 4.90 Å². The van der Waals surface area contributed by atoms with E-state index in [1.165, 1.54) is 5.56 Å². The maximum atomic E-state index is 12.3. The molecule has 1 saturated heterocycles. The Bertz CT molecular complexity index is 421. The first-order valence-corrected chi connectivity index (χ1v) is 7.28. The number of hydrogen-bond donors (Lipinski definition) is 0. The van der Waals surface area contributed by atoms with Gasteiger partial charge in [0.05, 0.1) is 19.3 Å². The van der Waals surface area contributed by atoms with Crippen LogP contribution in [0.2, 0.25) is 0 Å². The monoisotopic (exact) mass is 277 g/mol. The molecule has 0 N–H and O–H groups in total. The van der Waals surface area contributed by atoms with Crippen molar-refractivity contribution >= 4 is 5.91 Å². The Morgan fingerprint density at radius 1 is 1.35 bits per heavy atom. The molecule has 4 heteroatoms. The molecule has 2 rings (SSSR count). The third-order valence-corrected chi connectivity index (χ3v) is 3.63. The van der Waals surface area contributed by atoms with Gasteiger partial charge in [-0.3, -0.25) is 4.79 Å². The third-order valence-electron chi connectivity index (χ3n) is 3.63. The van der Waals surface area contributed by atoms with Crippen LogP contribution in [0.1, 0.15) is 31.9 Å². The van der Waals surface area contributed by atoms with Gasteiger partial charge >= 0.3 is 0 Å². The zero-order valence-electron chi connectivity index (χ0n) is 12.2. The second-order valence-corrected chi connectivity index (χ2v) is 4.96. The van der Waals surface area contributed by atoms with Gasteiger partial charge < -0.3 is 14.4 Å². The molecular formula is C16H23NO3. The highest BCUT2D eigenvalue weighted by atomic mass is 16.5. The molecule has 0 saturated carbocycles. The molecule has 0 unspecified atom stereocenters. The van der Waals surface area contributed by atoms with Gasteiger partial charge in [-0.15, -0.1) is 0 Å². The first-order valence-electron chi connectivity index (χ1n) is 7.28. The van der Waals surface area contributed by atoms with Gasteiger partial charge in [0, 0.05) is 13.2 Å². The van der Waals surface area contributed by atoms with Crippen LogP contribution < -0.4 is 0 Å². The van der Waals surface area contributed by atoms with Crippen molar-refractivity contribution < 1.29 is 14.3 Å². The minimum atomic E-state index is -0.401. The quantitative estimate of drug-likeness (QED) is 0.718. The number of amides is 1. The summed E-state index contributed by atoms with van der Waals surface area (Å²) in [5, 5.41) is 0. The molecule has 20 heavy (non-hydrogen) atoms. The van der Waals surface area contributed by atoms with Crippen LogP contribution in [0.5, 0.6) is 0 Å². The fourth-order valence-electron chi connectivity index (χ4n) is 2.41. The Balaban J connectivity index is 1.83. The highest BCUT2D eigenvalue weighted by Crippen LogP contribution is 2.33. The normalized spacial score (nSPS) is 19.5. The lowest BCUT2D eigenvalue weighted by molar-refractivity contribution is -0.151. The topological polar surface area (TPSA) is 38.8 Å². The molecule has 1 fully saturated rings. The van der Waals surface area contributed by atoms with E-state index in [0.29, 0.717) is 19.8 Å². The number of likely N-dealkylation sites (tertiary alicyclic amines) is 1. The van der Waals surface area contributed by atoms with Crippen molar-refractivity contribution in [3.8, 4) is 0 Å². The summed E-state index contributed by atoms with van der Waals surface area (Å²) in [6, 6.07) is 10.4. The summed E-state index contributed by atoms with van der Waals surface area (Å²) in [5.74, 6) is 0.0709. The molecule has 1 amide bonds. The van der Waals surface area contributed by atoms with Gasteiger partial charge in [-0.05, 0) is 25.8 Å². The van der Waals surface area contributed by atoms with E-state index in [9.17, 15) is 4.79 Å². The fraction of sp³-hybridized carbons (Fsp3) is 0.562. The van der Waals surface area contributed by atoms with E-state index >= 15 is 0 Å². The first kappa shape index (κ1) is 15.0. The van der Waals surface area contributed by atoms with E-state index < -0.39 is 6.10 Å². The van der Waals surface area contributed by atoms with Crippen molar-refractivity contribution in [2.24, 2.45) is 0 Å². The van der Waals surface area contributed by atoms with E-state index in [2.05, 4.69) is 12.1 Å². The summed E-state index contributed by atoms with van der Waals surface area (Å²) in [7, 11) is 0. The standard InChI is InChI=1S/C16H23NO3/c1-3-19-11-12-20-13(2)16(18)17-10-9-15(17)14-7-5-4-6-8-14/h4-8,13,15H,3,9-12H2,1-2H3/t13-,15-/m1/s1. The molecule has 1 aliphatic heterocycles. The van der Waals surface area contributed by atoms with Crippen molar-refractivity contribution in [1.29, 1.82) is 0 Å². The number of carbonyl (C=O) groups is 1. The second-order valence-electron chi connectivity index (χ2n) is 4.96. The Morgan fingerprint density at radius 2 is 2.10 bits per heavy atom. The van der Waals surface area contributed by atoms with Crippen LogP contribution in [0.15, 0.2) is 30.3 Å². The molecule has 0 bridgehead atoms. The fourth-order valence-corrected chi connectivity index (χ4v) is 2.41. The van der Waals surface area contributed by atoms with Crippen LogP contribution in [-0.4, -0.2) is 43.3 Å². The zero-order valence-corrected chi connectivity index (χ0v) is 12.2. The van der Waals surface area contributed by atoms with Gasteiger partial charge in [0.1, 0.15) is 6.10 Å². The smallest absolute Gasteiger partial charge is 0.251 e. The van der Waals surface area contributed by atoms with Gasteiger partial charge in [0.25, 0.3) is 5.91 Å². The third kappa shape index (κ3) is 3.58. The van der Waals surface area contributed by atoms with E-state index in [4.69, 9.17) is 9.47 Å². The number of rotatable bonds is 7. The minimum Gasteiger partial charge on any atom is -0.379 e. The number of ether oxygens (including phenoxy) is 2. The molecule has 0 aliphatic carbocycles. The predicted octanol–water partition coefficient (Wildman–Crippen LogP) is 2.40. The van der Waals surface area contributed by atoms with Crippen molar-refractivity contribution in [3.63, 3.8) is 0 Å². The van der Waals surface area contributed by atoms with Crippen LogP contribution in [0, 0.1) is 0 Å². The summed E-state index contributed by atoms with van der Waals surface area (Å²) in [5.41, 5.74) is 1.20. The molecule has 0 aromatic heterocycles. The Labute approximate surface area is 120 Å². The largest absolute Gasteiger partial charge is 0.379 e. The SMILES string of the molecule is CCOCCO[C@H](C)C(=O)N1CC[C@@H]1c1ccccc1. The maximum Gasteiger partial charge on any atom is 0.251 e. The maximum absolute atomic E-state index is 12.3. The Kier molecular flexibility index (Phi) is 5.56. The summed E-state index contributed by atoms with van der Waals surface area (Å²) in [6.45, 7) is 6.25. The number of carbonyl (C=O) groups excluding carboxylic acids is 1. The van der Waals surface area contributed by atoms with Crippen molar-refractivity contribution in [2.75, 3.05) is 26.4 Å². The number of benzene rings is 1. The summed E-state index contributed by atoms with van der Waals surface area (Å²) >= 11 is 0. The zero-order chi connectivity index (χ0) is 14.4. The van der Waals surface area contributed by atoms with Gasteiger partial charge in [0.15, 0.2) is 0 Å². The second kappa shape index (κ2) is 7.41. The average molecular weight is 277 g/mol. The predicted molar refractivity (Wildman–Crippen MR) is 77.4 cm³/mol. The number of hydrogen-bond acceptors (Lipinski definition) is 3. The van der Waals surface area contributed by atoms with Gasteiger partial charge in [-0.2, -0.15) is 0 Å². The molecule has 2 atom stereocenters. The van der Waals surface area contributed by atoms with Gasteiger partial charge in [0.2, 0.25) is 0 Å². The van der Waals surface area contributed by atoms with E-state index in [0.717, 1.165) is 13.0 Å². The molecule has 4 nitrogen and oxygen atoms in total. The molecule has 1 aromatic rings. The highest BCUT2D eigenvalue weighted by molar-refractivity contribution is 5.81. The molecule has 0 spiro atoms. The molecule has 110 valence electrons. The van der Waals surface area contributed by atoms with Crippen LogP contribution in [0.25, 0.3) is 0 Å². The molecule has 1 aromatic carbocycles. The average Bonchev–Trinajstić information content (AvgIpc) is 2.43. The van der Waals surface area contributed by atoms with E-state index in [1.807, 2.05) is 36.9 Å². The lowest BCUT2D eigenvalue weighted by Crippen LogP contribution is -2.49. The van der Waals surface area contributed by atoms with Gasteiger partial charge in [-0.25, -0.2) is 0 Å². The van der Waals surface area contributed by atoms with E-state index in [1.54, 1.807) is 0 Å². The summed E-state index contributed by atoms with van der Waals surface area (Å²) in [4.78, 5) is 14.2. The van der Waals surface area contributed by atoms with E-state index in [-0.39, 0.29) is 11.9 Å². The van der Waals surface area contributed by atoms with Crippen LogP contribution in [-0.2, 0) is 14.3 Å². The van der Waals surface area contributed by atoms with Gasteiger partial charge in [-0.1, -0.05) is 30.3 Å². The Hall–Kier alpha value is -1.39. The Morgan fingerprint density at radius 3 is 2.70 bits per heavy atom. The minimum absolute atomic E-state index is 0.0709. The molecule has 0 radical (unpaired) electrons. The van der Waals surface area contributed by atoms with Crippen LogP contribution >= 0.6 is 0 Å². The molecule has 1 heterocycles. The highest BCUT2D eigenvalue weighted by Gasteiger charge is 2.35. The first-order chi connectivity index (χ1) is 9.74. The number of nitrogens with zero attached hydrogens (tertiary/aromatic N) is 1. The van der Waals surface area contributed by atoms with Crippen LogP contribution in [0.4, 0.5) is 0 Å².